The molecule has 2 aromatic carbocycles. The van der Waals surface area contributed by atoms with Gasteiger partial charge in [-0.15, -0.1) is 11.3 Å². The lowest BCUT2D eigenvalue weighted by Crippen LogP contribution is -2.13. The SMILES string of the molecule is CS(=O)(=O)Nc1ccc(NC(=O)c2cn(Cc3ccccc3)nc2-c2cccs2)cc1. The van der Waals surface area contributed by atoms with Gasteiger partial charge in [0, 0.05) is 17.6 Å². The number of amides is 1. The Morgan fingerprint density at radius 3 is 2.35 bits per heavy atom. The van der Waals surface area contributed by atoms with Crippen LogP contribution in [0, 0.1) is 0 Å². The third kappa shape index (κ3) is 5.39. The summed E-state index contributed by atoms with van der Waals surface area (Å²) in [6, 6.07) is 20.2. The lowest BCUT2D eigenvalue weighted by atomic mass is 10.2. The van der Waals surface area contributed by atoms with Crippen molar-refractivity contribution in [2.45, 2.75) is 6.54 Å². The summed E-state index contributed by atoms with van der Waals surface area (Å²) in [7, 11) is -3.36. The van der Waals surface area contributed by atoms with E-state index in [2.05, 4.69) is 15.1 Å². The molecule has 0 spiro atoms. The second-order valence-electron chi connectivity index (χ2n) is 6.96. The van der Waals surface area contributed by atoms with Gasteiger partial charge in [0.1, 0.15) is 5.69 Å². The molecule has 0 atom stereocenters. The van der Waals surface area contributed by atoms with E-state index in [1.54, 1.807) is 35.1 Å². The zero-order valence-corrected chi connectivity index (χ0v) is 18.3. The van der Waals surface area contributed by atoms with Gasteiger partial charge in [-0.1, -0.05) is 36.4 Å². The predicted molar refractivity (Wildman–Crippen MR) is 124 cm³/mol. The van der Waals surface area contributed by atoms with E-state index in [0.29, 0.717) is 29.2 Å². The van der Waals surface area contributed by atoms with Crippen LogP contribution in [0.15, 0.2) is 78.3 Å². The van der Waals surface area contributed by atoms with Crippen LogP contribution in [0.25, 0.3) is 10.6 Å². The highest BCUT2D eigenvalue weighted by atomic mass is 32.2. The van der Waals surface area contributed by atoms with Crippen LogP contribution in [-0.2, 0) is 16.6 Å². The molecule has 158 valence electrons. The Morgan fingerprint density at radius 2 is 1.71 bits per heavy atom. The van der Waals surface area contributed by atoms with Crippen LogP contribution in [0.5, 0.6) is 0 Å². The summed E-state index contributed by atoms with van der Waals surface area (Å²) in [4.78, 5) is 13.9. The van der Waals surface area contributed by atoms with Crippen molar-refractivity contribution < 1.29 is 13.2 Å². The lowest BCUT2D eigenvalue weighted by Gasteiger charge is -2.07. The Balaban J connectivity index is 1.58. The van der Waals surface area contributed by atoms with Crippen LogP contribution < -0.4 is 10.0 Å². The van der Waals surface area contributed by atoms with Crippen LogP contribution in [0.2, 0.25) is 0 Å². The van der Waals surface area contributed by atoms with Crippen molar-refractivity contribution in [2.75, 3.05) is 16.3 Å². The number of nitrogens with zero attached hydrogens (tertiary/aromatic N) is 2. The molecule has 0 aliphatic rings. The minimum Gasteiger partial charge on any atom is -0.322 e. The quantitative estimate of drug-likeness (QED) is 0.438. The fraction of sp³-hybridized carbons (Fsp3) is 0.0909. The van der Waals surface area contributed by atoms with Crippen LogP contribution in [-0.4, -0.2) is 30.4 Å². The van der Waals surface area contributed by atoms with Gasteiger partial charge in [0.15, 0.2) is 0 Å². The molecule has 9 heteroatoms. The maximum Gasteiger partial charge on any atom is 0.259 e. The molecular weight excluding hydrogens is 432 g/mol. The van der Waals surface area contributed by atoms with E-state index in [1.165, 1.54) is 11.3 Å². The van der Waals surface area contributed by atoms with E-state index < -0.39 is 10.0 Å². The molecule has 7 nitrogen and oxygen atoms in total. The van der Waals surface area contributed by atoms with Crippen molar-refractivity contribution in [3.8, 4) is 10.6 Å². The third-order valence-electron chi connectivity index (χ3n) is 4.39. The Morgan fingerprint density at radius 1 is 1.00 bits per heavy atom. The van der Waals surface area contributed by atoms with Gasteiger partial charge in [0.25, 0.3) is 5.91 Å². The highest BCUT2D eigenvalue weighted by molar-refractivity contribution is 7.92. The van der Waals surface area contributed by atoms with Gasteiger partial charge >= 0.3 is 0 Å². The van der Waals surface area contributed by atoms with E-state index in [4.69, 9.17) is 0 Å². The first-order valence-corrected chi connectivity index (χ1v) is 12.2. The minimum atomic E-state index is -3.36. The number of carbonyl (C=O) groups is 1. The predicted octanol–water partition coefficient (Wildman–Crippen LogP) is 4.28. The van der Waals surface area contributed by atoms with E-state index >= 15 is 0 Å². The van der Waals surface area contributed by atoms with E-state index in [9.17, 15) is 13.2 Å². The molecule has 4 aromatic rings. The number of anilines is 2. The highest BCUT2D eigenvalue weighted by Crippen LogP contribution is 2.28. The second-order valence-corrected chi connectivity index (χ2v) is 9.65. The molecule has 0 bridgehead atoms. The molecule has 2 heterocycles. The van der Waals surface area contributed by atoms with Crippen molar-refractivity contribution in [3.63, 3.8) is 0 Å². The summed E-state index contributed by atoms with van der Waals surface area (Å²) >= 11 is 1.52. The lowest BCUT2D eigenvalue weighted by molar-refractivity contribution is 0.102. The summed E-state index contributed by atoms with van der Waals surface area (Å²) in [5.41, 5.74) is 3.16. The van der Waals surface area contributed by atoms with E-state index in [1.807, 2.05) is 47.8 Å². The molecule has 0 saturated carbocycles. The van der Waals surface area contributed by atoms with E-state index in [-0.39, 0.29) is 5.91 Å². The van der Waals surface area contributed by atoms with Crippen LogP contribution in [0.1, 0.15) is 15.9 Å². The normalized spacial score (nSPS) is 11.3. The van der Waals surface area contributed by atoms with Crippen LogP contribution in [0.4, 0.5) is 11.4 Å². The Kier molecular flexibility index (Phi) is 5.88. The van der Waals surface area contributed by atoms with Gasteiger partial charge in [-0.2, -0.15) is 5.10 Å². The first-order valence-electron chi connectivity index (χ1n) is 9.42. The van der Waals surface area contributed by atoms with Gasteiger partial charge in [-0.05, 0) is 41.3 Å². The Hall–Kier alpha value is -3.43. The molecule has 0 aliphatic carbocycles. The average Bonchev–Trinajstić information content (AvgIpc) is 3.39. The van der Waals surface area contributed by atoms with Gasteiger partial charge in [-0.3, -0.25) is 14.2 Å². The molecule has 1 amide bonds. The molecule has 0 unspecified atom stereocenters. The van der Waals surface area contributed by atoms with Gasteiger partial charge < -0.3 is 5.32 Å². The number of thiophene rings is 1. The zero-order valence-electron chi connectivity index (χ0n) is 16.6. The molecule has 0 radical (unpaired) electrons. The zero-order chi connectivity index (χ0) is 21.8. The molecule has 0 aliphatic heterocycles. The Bertz CT molecular complexity index is 1280. The van der Waals surface area contributed by atoms with Gasteiger partial charge in [0.05, 0.1) is 23.2 Å². The topological polar surface area (TPSA) is 93.1 Å². The van der Waals surface area contributed by atoms with Crippen molar-refractivity contribution in [2.24, 2.45) is 0 Å². The molecule has 2 N–H and O–H groups in total. The number of hydrogen-bond acceptors (Lipinski definition) is 5. The number of carbonyl (C=O) groups excluding carboxylic acids is 1. The summed E-state index contributed by atoms with van der Waals surface area (Å²) in [5.74, 6) is -0.286. The average molecular weight is 453 g/mol. The van der Waals surface area contributed by atoms with Crippen molar-refractivity contribution in [3.05, 3.63) is 89.4 Å². The van der Waals surface area contributed by atoms with Crippen LogP contribution >= 0.6 is 11.3 Å². The smallest absolute Gasteiger partial charge is 0.259 e. The van der Waals surface area contributed by atoms with Crippen LogP contribution in [0.3, 0.4) is 0 Å². The largest absolute Gasteiger partial charge is 0.322 e. The van der Waals surface area contributed by atoms with E-state index in [0.717, 1.165) is 16.7 Å². The fourth-order valence-corrected chi connectivity index (χ4v) is 4.36. The summed E-state index contributed by atoms with van der Waals surface area (Å²) in [6.45, 7) is 0.554. The molecule has 31 heavy (non-hydrogen) atoms. The van der Waals surface area contributed by atoms with Crippen molar-refractivity contribution in [1.29, 1.82) is 0 Å². The second kappa shape index (κ2) is 8.75. The Labute approximate surface area is 184 Å². The number of rotatable bonds is 7. The molecule has 4 rings (SSSR count). The number of nitrogens with one attached hydrogen (secondary N) is 2. The summed E-state index contributed by atoms with van der Waals surface area (Å²) < 4.78 is 26.8. The molecule has 0 fully saturated rings. The highest BCUT2D eigenvalue weighted by Gasteiger charge is 2.19. The fourth-order valence-electron chi connectivity index (χ4n) is 3.07. The molecule has 0 saturated heterocycles. The summed E-state index contributed by atoms with van der Waals surface area (Å²) in [6.07, 6.45) is 2.83. The number of sulfonamides is 1. The third-order valence-corrected chi connectivity index (χ3v) is 5.88. The summed E-state index contributed by atoms with van der Waals surface area (Å²) in [5, 5.41) is 9.46. The van der Waals surface area contributed by atoms with Crippen molar-refractivity contribution >= 4 is 38.6 Å². The van der Waals surface area contributed by atoms with Gasteiger partial charge in [-0.25, -0.2) is 8.42 Å². The number of hydrogen-bond donors (Lipinski definition) is 2. The maximum atomic E-state index is 13.0. The first-order chi connectivity index (χ1) is 14.9. The standard InChI is InChI=1S/C22H20N4O3S2/c1-31(28,29)25-18-11-9-17(10-12-18)23-22(27)19-15-26(14-16-6-3-2-4-7-16)24-21(19)20-8-5-13-30-20/h2-13,15,25H,14H2,1H3,(H,23,27). The van der Waals surface area contributed by atoms with Gasteiger partial charge in [0.2, 0.25) is 10.0 Å². The number of aromatic nitrogens is 2. The van der Waals surface area contributed by atoms with Crippen molar-refractivity contribution in [1.82, 2.24) is 9.78 Å². The minimum absolute atomic E-state index is 0.286. The molecule has 2 aromatic heterocycles. The number of benzene rings is 2. The molecular formula is C22H20N4O3S2. The maximum absolute atomic E-state index is 13.0. The monoisotopic (exact) mass is 452 g/mol. The first kappa shape index (κ1) is 20.8.